The first-order chi connectivity index (χ1) is 12.4. The van der Waals surface area contributed by atoms with Crippen LogP contribution in [0.15, 0.2) is 42.9 Å². The zero-order valence-corrected chi connectivity index (χ0v) is 14.9. The lowest BCUT2D eigenvalue weighted by atomic mass is 10.2. The maximum absolute atomic E-state index is 12.9. The van der Waals surface area contributed by atoms with Crippen LogP contribution in [0, 0.1) is 6.92 Å². The molecule has 0 aliphatic heterocycles. The first-order valence-electron chi connectivity index (χ1n) is 7.74. The third-order valence-corrected chi connectivity index (χ3v) is 4.21. The molecule has 9 heteroatoms. The maximum Gasteiger partial charge on any atom is 0.319 e. The largest absolute Gasteiger partial charge is 0.334 e. The van der Waals surface area contributed by atoms with E-state index >= 15 is 0 Å². The summed E-state index contributed by atoms with van der Waals surface area (Å²) in [7, 11) is 1.53. The molecule has 2 aromatic heterocycles. The Morgan fingerprint density at radius 3 is 2.85 bits per heavy atom. The van der Waals surface area contributed by atoms with Gasteiger partial charge in [-0.3, -0.25) is 9.36 Å². The number of alkyl halides is 2. The van der Waals surface area contributed by atoms with E-state index in [-0.39, 0.29) is 18.3 Å². The highest BCUT2D eigenvalue weighted by atomic mass is 35.5. The molecule has 6 nitrogen and oxygen atoms in total. The molecule has 1 amide bonds. The van der Waals surface area contributed by atoms with E-state index in [1.54, 1.807) is 29.8 Å². The first-order valence-corrected chi connectivity index (χ1v) is 8.12. The minimum absolute atomic E-state index is 0.0437. The molecule has 2 heterocycles. The van der Waals surface area contributed by atoms with Gasteiger partial charge in [-0.15, -0.1) is 0 Å². The first kappa shape index (κ1) is 18.1. The van der Waals surface area contributed by atoms with Gasteiger partial charge in [-0.05, 0) is 25.1 Å². The molecular weight excluding hydrogens is 364 g/mol. The molecule has 0 aliphatic carbocycles. The normalized spacial score (nSPS) is 11.2. The Labute approximate surface area is 153 Å². The molecule has 0 spiro atoms. The summed E-state index contributed by atoms with van der Waals surface area (Å²) in [6.45, 7) is -0.990. The second kappa shape index (κ2) is 7.25. The molecule has 0 N–H and O–H groups in total. The van der Waals surface area contributed by atoms with E-state index in [0.717, 1.165) is 10.3 Å². The summed E-state index contributed by atoms with van der Waals surface area (Å²) < 4.78 is 28.2. The van der Waals surface area contributed by atoms with Crippen LogP contribution in [-0.2, 0) is 6.54 Å². The van der Waals surface area contributed by atoms with Gasteiger partial charge in [-0.1, -0.05) is 17.7 Å². The van der Waals surface area contributed by atoms with Crippen molar-refractivity contribution < 1.29 is 13.6 Å². The number of benzene rings is 1. The Balaban J connectivity index is 1.83. The monoisotopic (exact) mass is 379 g/mol. The number of carbonyl (C=O) groups is 1. The predicted molar refractivity (Wildman–Crippen MR) is 92.6 cm³/mol. The topological polar surface area (TPSA) is 56.0 Å². The van der Waals surface area contributed by atoms with Gasteiger partial charge >= 0.3 is 6.55 Å². The average Bonchev–Trinajstić information content (AvgIpc) is 3.20. The smallest absolute Gasteiger partial charge is 0.319 e. The lowest BCUT2D eigenvalue weighted by Crippen LogP contribution is -2.28. The number of carbonyl (C=O) groups excluding carboxylic acids is 1. The van der Waals surface area contributed by atoms with Crippen LogP contribution in [0.5, 0.6) is 0 Å². The summed E-state index contributed by atoms with van der Waals surface area (Å²) in [5.41, 5.74) is 1.73. The molecule has 136 valence electrons. The van der Waals surface area contributed by atoms with Crippen LogP contribution in [0.1, 0.15) is 28.4 Å². The van der Waals surface area contributed by atoms with E-state index in [1.165, 1.54) is 30.5 Å². The zero-order chi connectivity index (χ0) is 18.8. The van der Waals surface area contributed by atoms with Gasteiger partial charge in [0.15, 0.2) is 0 Å². The summed E-state index contributed by atoms with van der Waals surface area (Å²) in [5, 5.41) is 4.80. The van der Waals surface area contributed by atoms with Crippen molar-refractivity contribution in [3.8, 4) is 5.69 Å². The van der Waals surface area contributed by atoms with Crippen LogP contribution in [0.4, 0.5) is 8.78 Å². The molecule has 0 saturated heterocycles. The van der Waals surface area contributed by atoms with E-state index in [0.29, 0.717) is 16.3 Å². The third-order valence-electron chi connectivity index (χ3n) is 3.98. The highest BCUT2D eigenvalue weighted by Gasteiger charge is 2.21. The molecule has 3 rings (SSSR count). The summed E-state index contributed by atoms with van der Waals surface area (Å²) in [6.07, 6.45) is 3.91. The maximum atomic E-state index is 12.9. The standard InChI is InChI=1S/C17H16ClF2N5O/c1-11-14(9-22-25(11)13-5-3-4-12(18)8-13)16(26)23(2)10-15-21-6-7-24(15)17(19)20/h3-9,17H,10H2,1-2H3. The number of hydrogen-bond donors (Lipinski definition) is 0. The highest BCUT2D eigenvalue weighted by Crippen LogP contribution is 2.20. The Morgan fingerprint density at radius 2 is 2.15 bits per heavy atom. The van der Waals surface area contributed by atoms with Crippen LogP contribution in [-0.4, -0.2) is 37.2 Å². The van der Waals surface area contributed by atoms with Crippen molar-refractivity contribution in [2.75, 3.05) is 7.05 Å². The van der Waals surface area contributed by atoms with Crippen molar-refractivity contribution in [2.24, 2.45) is 0 Å². The Bertz CT molecular complexity index is 937. The number of amides is 1. The van der Waals surface area contributed by atoms with Crippen LogP contribution in [0.25, 0.3) is 5.69 Å². The molecule has 0 unspecified atom stereocenters. The van der Waals surface area contributed by atoms with Crippen molar-refractivity contribution in [1.82, 2.24) is 24.2 Å². The molecule has 0 aliphatic rings. The summed E-state index contributed by atoms with van der Waals surface area (Å²) in [6, 6.07) is 7.09. The molecule has 1 aromatic carbocycles. The fourth-order valence-corrected chi connectivity index (χ4v) is 2.81. The van der Waals surface area contributed by atoms with Gasteiger partial charge in [0.25, 0.3) is 5.91 Å². The zero-order valence-electron chi connectivity index (χ0n) is 14.1. The van der Waals surface area contributed by atoms with Gasteiger partial charge in [0.2, 0.25) is 0 Å². The number of halogens is 3. The minimum atomic E-state index is -2.71. The van der Waals surface area contributed by atoms with Gasteiger partial charge in [0.05, 0.1) is 29.7 Å². The fraction of sp³-hybridized carbons (Fsp3) is 0.235. The second-order valence-corrected chi connectivity index (χ2v) is 6.16. The van der Waals surface area contributed by atoms with E-state index in [4.69, 9.17) is 11.6 Å². The Kier molecular flexibility index (Phi) is 5.03. The summed E-state index contributed by atoms with van der Waals surface area (Å²) in [4.78, 5) is 17.9. The van der Waals surface area contributed by atoms with Gasteiger partial charge in [-0.2, -0.15) is 13.9 Å². The molecule has 26 heavy (non-hydrogen) atoms. The fourth-order valence-electron chi connectivity index (χ4n) is 2.62. The molecule has 0 bridgehead atoms. The molecule has 0 atom stereocenters. The number of rotatable bonds is 5. The SMILES string of the molecule is Cc1c(C(=O)N(C)Cc2nccn2C(F)F)cnn1-c1cccc(Cl)c1. The average molecular weight is 380 g/mol. The van der Waals surface area contributed by atoms with Gasteiger partial charge < -0.3 is 4.90 Å². The number of nitrogens with zero attached hydrogens (tertiary/aromatic N) is 5. The van der Waals surface area contributed by atoms with E-state index in [1.807, 2.05) is 6.07 Å². The number of aromatic nitrogens is 4. The third kappa shape index (κ3) is 3.45. The van der Waals surface area contributed by atoms with Crippen molar-refractivity contribution in [1.29, 1.82) is 0 Å². The van der Waals surface area contributed by atoms with Gasteiger partial charge in [0, 0.05) is 24.5 Å². The number of imidazole rings is 1. The van der Waals surface area contributed by atoms with Crippen LogP contribution >= 0.6 is 11.6 Å². The van der Waals surface area contributed by atoms with Crippen LogP contribution < -0.4 is 0 Å². The Morgan fingerprint density at radius 1 is 1.38 bits per heavy atom. The Hall–Kier alpha value is -2.74. The van der Waals surface area contributed by atoms with Gasteiger partial charge in [0.1, 0.15) is 5.82 Å². The van der Waals surface area contributed by atoms with Crippen LogP contribution in [0.2, 0.25) is 5.02 Å². The highest BCUT2D eigenvalue weighted by molar-refractivity contribution is 6.30. The van der Waals surface area contributed by atoms with Gasteiger partial charge in [-0.25, -0.2) is 9.67 Å². The minimum Gasteiger partial charge on any atom is -0.334 e. The lowest BCUT2D eigenvalue weighted by Gasteiger charge is -2.17. The van der Waals surface area contributed by atoms with E-state index < -0.39 is 6.55 Å². The van der Waals surface area contributed by atoms with Crippen molar-refractivity contribution in [2.45, 2.75) is 20.0 Å². The second-order valence-electron chi connectivity index (χ2n) is 5.72. The summed E-state index contributed by atoms with van der Waals surface area (Å²) >= 11 is 6.00. The molecule has 0 saturated carbocycles. The van der Waals surface area contributed by atoms with Crippen LogP contribution in [0.3, 0.4) is 0 Å². The number of hydrogen-bond acceptors (Lipinski definition) is 3. The molecule has 0 radical (unpaired) electrons. The van der Waals surface area contributed by atoms with Crippen molar-refractivity contribution in [3.63, 3.8) is 0 Å². The van der Waals surface area contributed by atoms with Crippen molar-refractivity contribution in [3.05, 3.63) is 65.0 Å². The molecule has 3 aromatic rings. The lowest BCUT2D eigenvalue weighted by molar-refractivity contribution is 0.0612. The summed E-state index contributed by atoms with van der Waals surface area (Å²) in [5.74, 6) is -0.227. The van der Waals surface area contributed by atoms with E-state index in [2.05, 4.69) is 10.1 Å². The van der Waals surface area contributed by atoms with Crippen molar-refractivity contribution >= 4 is 17.5 Å². The molecule has 0 fully saturated rings. The molecular formula is C17H16ClF2N5O. The predicted octanol–water partition coefficient (Wildman–Crippen LogP) is 3.70. The quantitative estimate of drug-likeness (QED) is 0.679. The van der Waals surface area contributed by atoms with E-state index in [9.17, 15) is 13.6 Å².